The minimum atomic E-state index is -0.0696. The van der Waals surface area contributed by atoms with E-state index in [1.54, 1.807) is 11.3 Å². The summed E-state index contributed by atoms with van der Waals surface area (Å²) >= 11 is 1.72. The topological polar surface area (TPSA) is 51.8 Å². The number of thiazole rings is 1. The van der Waals surface area contributed by atoms with Gasteiger partial charge in [-0.1, -0.05) is 6.07 Å². The molecule has 0 saturated heterocycles. The van der Waals surface area contributed by atoms with Gasteiger partial charge < -0.3 is 5.73 Å². The van der Waals surface area contributed by atoms with Crippen LogP contribution in [-0.2, 0) is 6.42 Å². The Kier molecular flexibility index (Phi) is 3.54. The molecule has 2 aromatic heterocycles. The van der Waals surface area contributed by atoms with Crippen LogP contribution >= 0.6 is 11.3 Å². The summed E-state index contributed by atoms with van der Waals surface area (Å²) in [6, 6.07) is 5.88. The van der Waals surface area contributed by atoms with Crippen LogP contribution in [0.5, 0.6) is 0 Å². The quantitative estimate of drug-likeness (QED) is 0.907. The average Bonchev–Trinajstić information content (AvgIpc) is 2.58. The van der Waals surface area contributed by atoms with Crippen molar-refractivity contribution in [1.82, 2.24) is 9.97 Å². The molecule has 0 saturated carbocycles. The SMILES string of the molecule is Cc1cccc(C(N)Cc2nc(C)c(C)s2)n1. The number of aromatic nitrogens is 2. The average molecular weight is 247 g/mol. The molecule has 17 heavy (non-hydrogen) atoms. The van der Waals surface area contributed by atoms with Crippen LogP contribution in [0.4, 0.5) is 0 Å². The van der Waals surface area contributed by atoms with Gasteiger partial charge in [-0.15, -0.1) is 11.3 Å². The van der Waals surface area contributed by atoms with Crippen LogP contribution < -0.4 is 5.73 Å². The minimum Gasteiger partial charge on any atom is -0.322 e. The molecule has 1 atom stereocenters. The first-order chi connectivity index (χ1) is 8.06. The first-order valence-corrected chi connectivity index (χ1v) is 6.50. The molecule has 0 spiro atoms. The lowest BCUT2D eigenvalue weighted by Crippen LogP contribution is -2.15. The van der Waals surface area contributed by atoms with E-state index in [1.807, 2.05) is 32.0 Å². The maximum Gasteiger partial charge on any atom is 0.0950 e. The van der Waals surface area contributed by atoms with Gasteiger partial charge in [0.2, 0.25) is 0 Å². The molecule has 90 valence electrons. The van der Waals surface area contributed by atoms with Gasteiger partial charge in [0, 0.05) is 17.0 Å². The van der Waals surface area contributed by atoms with E-state index >= 15 is 0 Å². The number of nitrogens with two attached hydrogens (primary N) is 1. The fourth-order valence-electron chi connectivity index (χ4n) is 1.69. The summed E-state index contributed by atoms with van der Waals surface area (Å²) in [6.45, 7) is 6.10. The fourth-order valence-corrected chi connectivity index (χ4v) is 2.68. The van der Waals surface area contributed by atoms with Crippen LogP contribution in [0.25, 0.3) is 0 Å². The monoisotopic (exact) mass is 247 g/mol. The van der Waals surface area contributed by atoms with Crippen molar-refractivity contribution in [2.45, 2.75) is 33.2 Å². The van der Waals surface area contributed by atoms with Gasteiger partial charge in [0.1, 0.15) is 0 Å². The third-order valence-corrected chi connectivity index (χ3v) is 3.85. The van der Waals surface area contributed by atoms with Gasteiger partial charge >= 0.3 is 0 Å². The zero-order chi connectivity index (χ0) is 12.4. The second-order valence-electron chi connectivity index (χ2n) is 4.26. The van der Waals surface area contributed by atoms with Crippen molar-refractivity contribution in [1.29, 1.82) is 0 Å². The smallest absolute Gasteiger partial charge is 0.0950 e. The molecular formula is C13H17N3S. The van der Waals surface area contributed by atoms with Crippen LogP contribution in [-0.4, -0.2) is 9.97 Å². The van der Waals surface area contributed by atoms with E-state index in [0.29, 0.717) is 0 Å². The van der Waals surface area contributed by atoms with E-state index in [9.17, 15) is 0 Å². The molecule has 0 aromatic carbocycles. The summed E-state index contributed by atoms with van der Waals surface area (Å²) in [5.74, 6) is 0. The summed E-state index contributed by atoms with van der Waals surface area (Å²) in [5.41, 5.74) is 9.21. The highest BCUT2D eigenvalue weighted by atomic mass is 32.1. The van der Waals surface area contributed by atoms with Gasteiger partial charge in [0.25, 0.3) is 0 Å². The highest BCUT2D eigenvalue weighted by molar-refractivity contribution is 7.11. The Balaban J connectivity index is 2.14. The third kappa shape index (κ3) is 2.90. The normalized spacial score (nSPS) is 12.7. The van der Waals surface area contributed by atoms with E-state index in [1.165, 1.54) is 4.88 Å². The summed E-state index contributed by atoms with van der Waals surface area (Å²) in [7, 11) is 0. The molecular weight excluding hydrogens is 230 g/mol. The zero-order valence-corrected chi connectivity index (χ0v) is 11.2. The van der Waals surface area contributed by atoms with Crippen molar-refractivity contribution in [3.8, 4) is 0 Å². The highest BCUT2D eigenvalue weighted by Crippen LogP contribution is 2.21. The number of hydrogen-bond donors (Lipinski definition) is 1. The molecule has 0 aliphatic rings. The van der Waals surface area contributed by atoms with Gasteiger partial charge in [-0.25, -0.2) is 4.98 Å². The summed E-state index contributed by atoms with van der Waals surface area (Å²) in [4.78, 5) is 10.2. The van der Waals surface area contributed by atoms with Crippen LogP contribution in [0.2, 0.25) is 0 Å². The lowest BCUT2D eigenvalue weighted by atomic mass is 10.1. The molecule has 0 fully saturated rings. The van der Waals surface area contributed by atoms with Crippen LogP contribution in [0.3, 0.4) is 0 Å². The summed E-state index contributed by atoms with van der Waals surface area (Å²) < 4.78 is 0. The molecule has 2 N–H and O–H groups in total. The Morgan fingerprint density at radius 1 is 1.24 bits per heavy atom. The Bertz CT molecular complexity index is 500. The Hall–Kier alpha value is -1.26. The molecule has 0 bridgehead atoms. The predicted molar refractivity (Wildman–Crippen MR) is 71.2 cm³/mol. The van der Waals surface area contributed by atoms with E-state index in [4.69, 9.17) is 5.73 Å². The van der Waals surface area contributed by atoms with Gasteiger partial charge in [0.05, 0.1) is 22.4 Å². The highest BCUT2D eigenvalue weighted by Gasteiger charge is 2.12. The lowest BCUT2D eigenvalue weighted by molar-refractivity contribution is 0.689. The van der Waals surface area contributed by atoms with Crippen LogP contribution in [0.15, 0.2) is 18.2 Å². The van der Waals surface area contributed by atoms with Crippen molar-refractivity contribution >= 4 is 11.3 Å². The zero-order valence-electron chi connectivity index (χ0n) is 10.4. The number of rotatable bonds is 3. The van der Waals surface area contributed by atoms with E-state index in [-0.39, 0.29) is 6.04 Å². The van der Waals surface area contributed by atoms with Crippen molar-refractivity contribution in [3.63, 3.8) is 0 Å². The first-order valence-electron chi connectivity index (χ1n) is 5.68. The van der Waals surface area contributed by atoms with Gasteiger partial charge in [0.15, 0.2) is 0 Å². The third-order valence-electron chi connectivity index (χ3n) is 2.76. The van der Waals surface area contributed by atoms with E-state index < -0.39 is 0 Å². The second-order valence-corrected chi connectivity index (χ2v) is 5.55. The number of pyridine rings is 1. The molecule has 0 aliphatic carbocycles. The largest absolute Gasteiger partial charge is 0.322 e. The van der Waals surface area contributed by atoms with Crippen molar-refractivity contribution in [2.24, 2.45) is 5.73 Å². The van der Waals surface area contributed by atoms with Gasteiger partial charge in [-0.2, -0.15) is 0 Å². The van der Waals surface area contributed by atoms with E-state index in [2.05, 4.69) is 16.9 Å². The van der Waals surface area contributed by atoms with Crippen molar-refractivity contribution < 1.29 is 0 Å². The van der Waals surface area contributed by atoms with Crippen molar-refractivity contribution in [2.75, 3.05) is 0 Å². The number of nitrogens with zero attached hydrogens (tertiary/aromatic N) is 2. The van der Waals surface area contributed by atoms with Gasteiger partial charge in [-0.3, -0.25) is 4.98 Å². The van der Waals surface area contributed by atoms with Gasteiger partial charge in [-0.05, 0) is 32.9 Å². The summed E-state index contributed by atoms with van der Waals surface area (Å²) in [6.07, 6.45) is 0.760. The van der Waals surface area contributed by atoms with Crippen molar-refractivity contribution in [3.05, 3.63) is 45.2 Å². The molecule has 2 aromatic rings. The predicted octanol–water partition coefficient (Wildman–Crippen LogP) is 2.71. The fraction of sp³-hybridized carbons (Fsp3) is 0.385. The molecule has 2 rings (SSSR count). The molecule has 4 heteroatoms. The summed E-state index contributed by atoms with van der Waals surface area (Å²) in [5, 5.41) is 1.09. The Morgan fingerprint density at radius 2 is 2.00 bits per heavy atom. The number of aryl methyl sites for hydroxylation is 3. The molecule has 0 amide bonds. The number of hydrogen-bond acceptors (Lipinski definition) is 4. The Morgan fingerprint density at radius 3 is 2.59 bits per heavy atom. The maximum atomic E-state index is 6.16. The Labute approximate surface area is 106 Å². The van der Waals surface area contributed by atoms with Crippen LogP contribution in [0.1, 0.15) is 33.0 Å². The second kappa shape index (κ2) is 4.94. The van der Waals surface area contributed by atoms with E-state index in [0.717, 1.165) is 28.5 Å². The molecule has 0 radical (unpaired) electrons. The minimum absolute atomic E-state index is 0.0696. The molecule has 2 heterocycles. The lowest BCUT2D eigenvalue weighted by Gasteiger charge is -2.09. The molecule has 1 unspecified atom stereocenters. The molecule has 3 nitrogen and oxygen atoms in total. The standard InChI is InChI=1S/C13H17N3S/c1-8-5-4-6-12(15-8)11(14)7-13-16-9(2)10(3)17-13/h4-6,11H,7,14H2,1-3H3. The van der Waals surface area contributed by atoms with Crippen LogP contribution in [0, 0.1) is 20.8 Å². The maximum absolute atomic E-state index is 6.16. The first kappa shape index (κ1) is 12.2. The molecule has 0 aliphatic heterocycles.